The molecule has 2 saturated heterocycles. The van der Waals surface area contributed by atoms with Gasteiger partial charge < -0.3 is 9.84 Å². The number of ether oxygens (including phenoxy) is 1. The molecule has 70 valence electrons. The SMILES string of the molecule is CC1C(CO)C2(C)CCC1(C)O2. The van der Waals surface area contributed by atoms with E-state index in [1.165, 1.54) is 0 Å². The third-order valence-electron chi connectivity index (χ3n) is 4.13. The Kier molecular flexibility index (Phi) is 1.59. The van der Waals surface area contributed by atoms with Crippen molar-refractivity contribution in [1.82, 2.24) is 0 Å². The molecule has 4 atom stereocenters. The van der Waals surface area contributed by atoms with E-state index in [2.05, 4.69) is 20.8 Å². The zero-order chi connectivity index (χ0) is 8.98. The van der Waals surface area contributed by atoms with Gasteiger partial charge in [-0.25, -0.2) is 0 Å². The average Bonchev–Trinajstić information content (AvgIpc) is 2.38. The van der Waals surface area contributed by atoms with E-state index in [9.17, 15) is 5.11 Å². The van der Waals surface area contributed by atoms with Gasteiger partial charge in [-0.15, -0.1) is 0 Å². The second-order valence-corrected chi connectivity index (χ2v) is 4.81. The van der Waals surface area contributed by atoms with Gasteiger partial charge in [0.1, 0.15) is 0 Å². The van der Waals surface area contributed by atoms with E-state index in [1.807, 2.05) is 0 Å². The molecule has 2 heterocycles. The maximum absolute atomic E-state index is 9.26. The minimum atomic E-state index is -0.0388. The predicted molar refractivity (Wildman–Crippen MR) is 46.9 cm³/mol. The first-order chi connectivity index (χ1) is 5.52. The van der Waals surface area contributed by atoms with Crippen molar-refractivity contribution < 1.29 is 9.84 Å². The Bertz CT molecular complexity index is 204. The van der Waals surface area contributed by atoms with Crippen molar-refractivity contribution in [1.29, 1.82) is 0 Å². The molecule has 2 aliphatic heterocycles. The molecular weight excluding hydrogens is 152 g/mol. The molecule has 1 N–H and O–H groups in total. The fourth-order valence-corrected chi connectivity index (χ4v) is 3.02. The Labute approximate surface area is 73.9 Å². The van der Waals surface area contributed by atoms with Crippen LogP contribution in [0.3, 0.4) is 0 Å². The van der Waals surface area contributed by atoms with E-state index in [-0.39, 0.29) is 17.8 Å². The standard InChI is InChI=1S/C10H18O2/c1-7-8(6-11)10(3)5-4-9(7,2)12-10/h7-8,11H,4-6H2,1-3H3. The molecule has 4 unspecified atom stereocenters. The van der Waals surface area contributed by atoms with Crippen molar-refractivity contribution in [3.05, 3.63) is 0 Å². The molecule has 0 amide bonds. The molecular formula is C10H18O2. The summed E-state index contributed by atoms with van der Waals surface area (Å²) in [7, 11) is 0. The highest BCUT2D eigenvalue weighted by molar-refractivity contribution is 5.09. The largest absolute Gasteiger partial charge is 0.396 e. The first kappa shape index (κ1) is 8.52. The summed E-state index contributed by atoms with van der Waals surface area (Å²) in [5.74, 6) is 0.845. The summed E-state index contributed by atoms with van der Waals surface area (Å²) in [6, 6.07) is 0. The summed E-state index contributed by atoms with van der Waals surface area (Å²) in [6.45, 7) is 6.79. The highest BCUT2D eigenvalue weighted by Crippen LogP contribution is 2.56. The van der Waals surface area contributed by atoms with Crippen LogP contribution in [0.15, 0.2) is 0 Å². The van der Waals surface area contributed by atoms with E-state index in [0.717, 1.165) is 12.8 Å². The molecule has 12 heavy (non-hydrogen) atoms. The molecule has 2 heteroatoms. The van der Waals surface area contributed by atoms with Crippen LogP contribution >= 0.6 is 0 Å². The lowest BCUT2D eigenvalue weighted by Gasteiger charge is -2.32. The topological polar surface area (TPSA) is 29.5 Å². The van der Waals surface area contributed by atoms with Gasteiger partial charge in [0.2, 0.25) is 0 Å². The molecule has 2 nitrogen and oxygen atoms in total. The zero-order valence-electron chi connectivity index (χ0n) is 8.13. The number of fused-ring (bicyclic) bond motifs is 2. The Balaban J connectivity index is 2.30. The van der Waals surface area contributed by atoms with Crippen LogP contribution in [-0.2, 0) is 4.74 Å². The second-order valence-electron chi connectivity index (χ2n) is 4.81. The Morgan fingerprint density at radius 1 is 1.33 bits per heavy atom. The molecule has 2 fully saturated rings. The van der Waals surface area contributed by atoms with E-state index in [0.29, 0.717) is 11.8 Å². The fourth-order valence-electron chi connectivity index (χ4n) is 3.02. The van der Waals surface area contributed by atoms with Gasteiger partial charge in [-0.1, -0.05) is 6.92 Å². The lowest BCUT2D eigenvalue weighted by Crippen LogP contribution is -2.38. The molecule has 0 aromatic rings. The molecule has 2 bridgehead atoms. The Morgan fingerprint density at radius 3 is 2.25 bits per heavy atom. The normalized spacial score (nSPS) is 58.0. The van der Waals surface area contributed by atoms with Crippen molar-refractivity contribution in [2.75, 3.05) is 6.61 Å². The average molecular weight is 170 g/mol. The fraction of sp³-hybridized carbons (Fsp3) is 1.00. The number of aliphatic hydroxyl groups is 1. The van der Waals surface area contributed by atoms with Crippen LogP contribution in [0.25, 0.3) is 0 Å². The predicted octanol–water partition coefficient (Wildman–Crippen LogP) is 1.57. The minimum Gasteiger partial charge on any atom is -0.396 e. The smallest absolute Gasteiger partial charge is 0.0716 e. The lowest BCUT2D eigenvalue weighted by atomic mass is 9.69. The maximum atomic E-state index is 9.26. The van der Waals surface area contributed by atoms with Gasteiger partial charge in [0.25, 0.3) is 0 Å². The summed E-state index contributed by atoms with van der Waals surface area (Å²) in [4.78, 5) is 0. The molecule has 2 aliphatic rings. The van der Waals surface area contributed by atoms with Gasteiger partial charge in [0.05, 0.1) is 11.2 Å². The van der Waals surface area contributed by atoms with E-state index in [1.54, 1.807) is 0 Å². The molecule has 0 saturated carbocycles. The first-order valence-electron chi connectivity index (χ1n) is 4.83. The van der Waals surface area contributed by atoms with Crippen molar-refractivity contribution in [2.24, 2.45) is 11.8 Å². The minimum absolute atomic E-state index is 0.0388. The van der Waals surface area contributed by atoms with Gasteiger partial charge in [-0.3, -0.25) is 0 Å². The Hall–Kier alpha value is -0.0800. The number of hydrogen-bond donors (Lipinski definition) is 1. The highest BCUT2D eigenvalue weighted by Gasteiger charge is 2.60. The van der Waals surface area contributed by atoms with Crippen LogP contribution in [0, 0.1) is 11.8 Å². The van der Waals surface area contributed by atoms with E-state index in [4.69, 9.17) is 4.74 Å². The van der Waals surface area contributed by atoms with Gasteiger partial charge in [-0.2, -0.15) is 0 Å². The molecule has 0 aromatic heterocycles. The van der Waals surface area contributed by atoms with Crippen molar-refractivity contribution in [2.45, 2.75) is 44.8 Å². The summed E-state index contributed by atoms with van der Waals surface area (Å²) in [6.07, 6.45) is 2.26. The summed E-state index contributed by atoms with van der Waals surface area (Å²) in [5, 5.41) is 9.26. The monoisotopic (exact) mass is 170 g/mol. The molecule has 0 radical (unpaired) electrons. The van der Waals surface area contributed by atoms with Crippen LogP contribution in [0.5, 0.6) is 0 Å². The lowest BCUT2D eigenvalue weighted by molar-refractivity contribution is -0.0461. The summed E-state index contributed by atoms with van der Waals surface area (Å²) in [5.41, 5.74) is 0.00502. The van der Waals surface area contributed by atoms with Crippen LogP contribution in [-0.4, -0.2) is 22.9 Å². The highest BCUT2D eigenvalue weighted by atomic mass is 16.5. The van der Waals surface area contributed by atoms with Crippen LogP contribution < -0.4 is 0 Å². The van der Waals surface area contributed by atoms with Crippen molar-refractivity contribution >= 4 is 0 Å². The van der Waals surface area contributed by atoms with Gasteiger partial charge in [-0.05, 0) is 32.6 Å². The van der Waals surface area contributed by atoms with Crippen molar-refractivity contribution in [3.8, 4) is 0 Å². The third-order valence-corrected chi connectivity index (χ3v) is 4.13. The Morgan fingerprint density at radius 2 is 1.92 bits per heavy atom. The van der Waals surface area contributed by atoms with Gasteiger partial charge in [0, 0.05) is 12.5 Å². The van der Waals surface area contributed by atoms with Gasteiger partial charge >= 0.3 is 0 Å². The number of hydrogen-bond acceptors (Lipinski definition) is 2. The van der Waals surface area contributed by atoms with E-state index < -0.39 is 0 Å². The molecule has 0 spiro atoms. The second kappa shape index (κ2) is 2.24. The van der Waals surface area contributed by atoms with Crippen LogP contribution in [0.4, 0.5) is 0 Å². The number of aliphatic hydroxyl groups excluding tert-OH is 1. The first-order valence-corrected chi connectivity index (χ1v) is 4.83. The van der Waals surface area contributed by atoms with Gasteiger partial charge in [0.15, 0.2) is 0 Å². The zero-order valence-corrected chi connectivity index (χ0v) is 8.13. The third kappa shape index (κ3) is 0.826. The molecule has 2 rings (SSSR count). The molecule has 0 aliphatic carbocycles. The maximum Gasteiger partial charge on any atom is 0.0716 e. The quantitative estimate of drug-likeness (QED) is 0.647. The number of rotatable bonds is 1. The summed E-state index contributed by atoms with van der Waals surface area (Å²) >= 11 is 0. The summed E-state index contributed by atoms with van der Waals surface area (Å²) < 4.78 is 6.00. The van der Waals surface area contributed by atoms with Crippen LogP contribution in [0.2, 0.25) is 0 Å². The molecule has 0 aromatic carbocycles. The van der Waals surface area contributed by atoms with E-state index >= 15 is 0 Å². The van der Waals surface area contributed by atoms with Crippen molar-refractivity contribution in [3.63, 3.8) is 0 Å². The van der Waals surface area contributed by atoms with Crippen LogP contribution in [0.1, 0.15) is 33.6 Å².